The summed E-state index contributed by atoms with van der Waals surface area (Å²) in [6.07, 6.45) is 8.83. The zero-order valence-electron chi connectivity index (χ0n) is 13.3. The van der Waals surface area contributed by atoms with Gasteiger partial charge in [0.15, 0.2) is 11.6 Å². The van der Waals surface area contributed by atoms with E-state index in [0.29, 0.717) is 23.2 Å². The number of rotatable bonds is 4. The Morgan fingerprint density at radius 3 is 2.80 bits per heavy atom. The van der Waals surface area contributed by atoms with Gasteiger partial charge in [-0.3, -0.25) is 5.21 Å². The van der Waals surface area contributed by atoms with Crippen LogP contribution in [0.15, 0.2) is 60.8 Å². The maximum atomic E-state index is 13.9. The van der Waals surface area contributed by atoms with Crippen LogP contribution < -0.4 is 15.4 Å². The maximum Gasteiger partial charge on any atom is 0.167 e. The number of ether oxygens (including phenoxy) is 1. The summed E-state index contributed by atoms with van der Waals surface area (Å²) in [6, 6.07) is 7.63. The van der Waals surface area contributed by atoms with Crippen molar-refractivity contribution < 1.29 is 14.3 Å². The van der Waals surface area contributed by atoms with Crippen LogP contribution in [0.1, 0.15) is 12.8 Å². The molecule has 0 bridgehead atoms. The lowest BCUT2D eigenvalue weighted by Gasteiger charge is -2.26. The van der Waals surface area contributed by atoms with Crippen LogP contribution in [-0.4, -0.2) is 15.3 Å². The summed E-state index contributed by atoms with van der Waals surface area (Å²) in [4.78, 5) is 6.11. The third-order valence-corrected chi connectivity index (χ3v) is 4.07. The van der Waals surface area contributed by atoms with Crippen LogP contribution in [0.5, 0.6) is 11.5 Å². The predicted octanol–water partition coefficient (Wildman–Crippen LogP) is 3.83. The Kier molecular flexibility index (Phi) is 3.77. The first kappa shape index (κ1) is 15.5. The number of halogens is 1. The van der Waals surface area contributed by atoms with Crippen molar-refractivity contribution in [1.82, 2.24) is 10.0 Å². The van der Waals surface area contributed by atoms with E-state index in [0.717, 1.165) is 23.6 Å². The third-order valence-electron chi connectivity index (χ3n) is 4.07. The van der Waals surface area contributed by atoms with Crippen molar-refractivity contribution in [3.63, 3.8) is 0 Å². The fraction of sp³-hybridized carbons (Fsp3) is 0.167. The van der Waals surface area contributed by atoms with E-state index in [1.165, 1.54) is 12.1 Å². The Morgan fingerprint density at radius 2 is 2.04 bits per heavy atom. The summed E-state index contributed by atoms with van der Waals surface area (Å²) in [6.45, 7) is 0. The lowest BCUT2D eigenvalue weighted by molar-refractivity contribution is -0.0115. The largest absolute Gasteiger partial charge is 0.454 e. The Hall–Kier alpha value is -3.06. The molecule has 1 aromatic carbocycles. The van der Waals surface area contributed by atoms with Crippen LogP contribution in [0.3, 0.4) is 0 Å². The highest BCUT2D eigenvalue weighted by Gasteiger charge is 2.31. The van der Waals surface area contributed by atoms with Crippen molar-refractivity contribution in [3.05, 3.63) is 66.6 Å². The van der Waals surface area contributed by atoms with Crippen molar-refractivity contribution in [3.8, 4) is 11.5 Å². The predicted molar refractivity (Wildman–Crippen MR) is 91.2 cm³/mol. The van der Waals surface area contributed by atoms with Crippen LogP contribution in [-0.2, 0) is 0 Å². The van der Waals surface area contributed by atoms with Gasteiger partial charge in [0, 0.05) is 48.5 Å². The van der Waals surface area contributed by atoms with Gasteiger partial charge in [0.05, 0.1) is 5.70 Å². The van der Waals surface area contributed by atoms with Crippen LogP contribution in [0.25, 0.3) is 0 Å². The third kappa shape index (κ3) is 3.27. The number of anilines is 2. The minimum Gasteiger partial charge on any atom is -0.454 e. The van der Waals surface area contributed by atoms with Crippen molar-refractivity contribution in [1.29, 1.82) is 0 Å². The summed E-state index contributed by atoms with van der Waals surface area (Å²) in [5.41, 5.74) is 6.72. The fourth-order valence-electron chi connectivity index (χ4n) is 2.61. The molecule has 1 fully saturated rings. The van der Waals surface area contributed by atoms with E-state index in [1.54, 1.807) is 41.7 Å². The topological polar surface area (TPSA) is 74.9 Å². The molecule has 0 unspecified atom stereocenters. The molecule has 1 saturated carbocycles. The second-order valence-corrected chi connectivity index (χ2v) is 6.02. The van der Waals surface area contributed by atoms with Crippen LogP contribution in [0, 0.1) is 11.7 Å². The van der Waals surface area contributed by atoms with Crippen LogP contribution in [0.2, 0.25) is 0 Å². The van der Waals surface area contributed by atoms with Gasteiger partial charge in [0.1, 0.15) is 11.6 Å². The molecule has 0 saturated heterocycles. The number of allylic oxidation sites excluding steroid dienone is 1. The Balaban J connectivity index is 1.58. The summed E-state index contributed by atoms with van der Waals surface area (Å²) >= 11 is 0. The van der Waals surface area contributed by atoms with E-state index in [9.17, 15) is 9.60 Å². The molecule has 0 amide bonds. The van der Waals surface area contributed by atoms with Gasteiger partial charge in [-0.25, -0.2) is 14.4 Å². The number of benzene rings is 1. The maximum absolute atomic E-state index is 13.9. The van der Waals surface area contributed by atoms with Gasteiger partial charge in [-0.05, 0) is 31.0 Å². The zero-order chi connectivity index (χ0) is 17.4. The summed E-state index contributed by atoms with van der Waals surface area (Å²) < 4.78 is 19.5. The van der Waals surface area contributed by atoms with E-state index in [-0.39, 0.29) is 5.75 Å². The smallest absolute Gasteiger partial charge is 0.167 e. The van der Waals surface area contributed by atoms with Gasteiger partial charge >= 0.3 is 0 Å². The van der Waals surface area contributed by atoms with Gasteiger partial charge in [-0.1, -0.05) is 0 Å². The molecule has 25 heavy (non-hydrogen) atoms. The molecule has 3 N–H and O–H groups in total. The number of hydrogen-bond donors (Lipinski definition) is 2. The number of nitrogens with two attached hydrogens (primary N) is 1. The molecule has 1 aliphatic carbocycles. The number of nitrogen functional groups attached to an aromatic ring is 1. The average molecular weight is 340 g/mol. The average Bonchev–Trinajstić information content (AvgIpc) is 3.43. The highest BCUT2D eigenvalue weighted by atomic mass is 19.1. The number of hydrogen-bond acceptors (Lipinski definition) is 6. The van der Waals surface area contributed by atoms with Crippen molar-refractivity contribution in [2.24, 2.45) is 5.92 Å². The SMILES string of the molecule is Nc1ccc(Oc2ccnc(N3C=CN(O)C(C4CC4)=C3)c2)c(F)c1. The van der Waals surface area contributed by atoms with Crippen molar-refractivity contribution in [2.75, 3.05) is 10.6 Å². The van der Waals surface area contributed by atoms with Gasteiger partial charge in [0.2, 0.25) is 0 Å². The summed E-state index contributed by atoms with van der Waals surface area (Å²) in [7, 11) is 0. The van der Waals surface area contributed by atoms with Gasteiger partial charge in [-0.2, -0.15) is 0 Å². The number of nitrogens with zero attached hydrogens (tertiary/aromatic N) is 3. The molecule has 1 aliphatic heterocycles. The number of aromatic nitrogens is 1. The van der Waals surface area contributed by atoms with E-state index in [2.05, 4.69) is 4.98 Å². The molecule has 0 radical (unpaired) electrons. The first-order chi connectivity index (χ1) is 12.1. The Labute approximate surface area is 144 Å². The molecule has 4 rings (SSSR count). The molecule has 0 atom stereocenters. The highest BCUT2D eigenvalue weighted by Crippen LogP contribution is 2.39. The quantitative estimate of drug-likeness (QED) is 0.824. The molecule has 2 aromatic rings. The molecule has 2 aliphatic rings. The Morgan fingerprint density at radius 1 is 1.20 bits per heavy atom. The van der Waals surface area contributed by atoms with Gasteiger partial charge in [-0.15, -0.1) is 0 Å². The lowest BCUT2D eigenvalue weighted by atomic mass is 10.2. The van der Waals surface area contributed by atoms with Crippen molar-refractivity contribution >= 4 is 11.5 Å². The molecular formula is C18H17FN4O2. The first-order valence-corrected chi connectivity index (χ1v) is 7.95. The van der Waals surface area contributed by atoms with Crippen LogP contribution >= 0.6 is 0 Å². The molecule has 1 aromatic heterocycles. The molecular weight excluding hydrogens is 323 g/mol. The molecule has 2 heterocycles. The summed E-state index contributed by atoms with van der Waals surface area (Å²) in [5, 5.41) is 11.0. The molecule has 128 valence electrons. The van der Waals surface area contributed by atoms with Gasteiger partial charge in [0.25, 0.3) is 0 Å². The zero-order valence-corrected chi connectivity index (χ0v) is 13.3. The highest BCUT2D eigenvalue weighted by molar-refractivity contribution is 5.52. The molecule has 0 spiro atoms. The molecule has 6 nitrogen and oxygen atoms in total. The number of pyridine rings is 1. The second kappa shape index (κ2) is 6.10. The van der Waals surface area contributed by atoms with E-state index in [1.807, 2.05) is 6.20 Å². The number of hydroxylamine groups is 2. The second-order valence-electron chi connectivity index (χ2n) is 6.02. The first-order valence-electron chi connectivity index (χ1n) is 7.95. The van der Waals surface area contributed by atoms with Crippen molar-refractivity contribution in [2.45, 2.75) is 12.8 Å². The minimum absolute atomic E-state index is 0.0938. The van der Waals surface area contributed by atoms with E-state index < -0.39 is 5.82 Å². The Bertz CT molecular complexity index is 864. The minimum atomic E-state index is -0.525. The normalized spacial score (nSPS) is 16.8. The fourth-order valence-corrected chi connectivity index (χ4v) is 2.61. The monoisotopic (exact) mass is 340 g/mol. The van der Waals surface area contributed by atoms with E-state index in [4.69, 9.17) is 10.5 Å². The standard InChI is InChI=1S/C18H17FN4O2/c19-15-9-13(20)3-4-17(15)25-14-5-6-21-18(10-14)22-7-8-23(24)16(11-22)12-1-2-12/h3-12,24H,1-2,20H2. The van der Waals surface area contributed by atoms with E-state index >= 15 is 0 Å². The van der Waals surface area contributed by atoms with Gasteiger partial charge < -0.3 is 15.4 Å². The summed E-state index contributed by atoms with van der Waals surface area (Å²) in [5.74, 6) is 1.01. The lowest BCUT2D eigenvalue weighted by Crippen LogP contribution is -2.23. The van der Waals surface area contributed by atoms with Crippen LogP contribution in [0.4, 0.5) is 15.9 Å². The molecule has 7 heteroatoms.